The van der Waals surface area contributed by atoms with Crippen LogP contribution in [0.15, 0.2) is 10.7 Å². The van der Waals surface area contributed by atoms with Crippen LogP contribution in [0, 0.1) is 11.3 Å². The van der Waals surface area contributed by atoms with E-state index in [4.69, 9.17) is 0 Å². The van der Waals surface area contributed by atoms with Crippen LogP contribution in [0.3, 0.4) is 0 Å². The molecule has 4 nitrogen and oxygen atoms in total. The third kappa shape index (κ3) is 1.84. The Morgan fingerprint density at radius 2 is 2.33 bits per heavy atom. The molecule has 2 fully saturated rings. The van der Waals surface area contributed by atoms with Crippen LogP contribution >= 0.6 is 15.9 Å². The van der Waals surface area contributed by atoms with Crippen LogP contribution in [0.5, 0.6) is 0 Å². The molecule has 18 heavy (non-hydrogen) atoms. The molecule has 1 aromatic rings. The van der Waals surface area contributed by atoms with Crippen LogP contribution in [0.25, 0.3) is 0 Å². The predicted molar refractivity (Wildman–Crippen MR) is 72.6 cm³/mol. The first kappa shape index (κ1) is 12.4. The Hall–Kier alpha value is -0.680. The van der Waals surface area contributed by atoms with Crippen LogP contribution < -0.4 is 5.32 Å². The predicted octanol–water partition coefficient (Wildman–Crippen LogP) is 2.24. The Morgan fingerprint density at radius 3 is 3.00 bits per heavy atom. The van der Waals surface area contributed by atoms with E-state index < -0.39 is 0 Å². The highest BCUT2D eigenvalue weighted by Gasteiger charge is 2.58. The van der Waals surface area contributed by atoms with Gasteiger partial charge in [-0.2, -0.15) is 5.10 Å². The van der Waals surface area contributed by atoms with Gasteiger partial charge in [-0.05, 0) is 60.6 Å². The van der Waals surface area contributed by atoms with Gasteiger partial charge in [0.1, 0.15) is 5.69 Å². The van der Waals surface area contributed by atoms with E-state index in [0.717, 1.165) is 49.1 Å². The molecule has 1 atom stereocenters. The first-order chi connectivity index (χ1) is 8.68. The second kappa shape index (κ2) is 4.46. The van der Waals surface area contributed by atoms with Crippen molar-refractivity contribution in [3.05, 3.63) is 16.4 Å². The average Bonchev–Trinajstić information content (AvgIpc) is 2.93. The lowest BCUT2D eigenvalue weighted by molar-refractivity contribution is 0.0929. The molecule has 1 saturated heterocycles. The fourth-order valence-corrected chi connectivity index (χ4v) is 3.70. The Kier molecular flexibility index (Phi) is 3.06. The summed E-state index contributed by atoms with van der Waals surface area (Å²) >= 11 is 3.45. The number of carbonyl (C=O) groups excluding carboxylic acids is 1. The molecule has 1 unspecified atom stereocenters. The number of aromatic nitrogens is 2. The molecule has 1 saturated carbocycles. The lowest BCUT2D eigenvalue weighted by atomic mass is 9.90. The Balaban J connectivity index is 1.82. The minimum Gasteiger partial charge on any atom is -0.317 e. The van der Waals surface area contributed by atoms with Gasteiger partial charge in [0.25, 0.3) is 0 Å². The van der Waals surface area contributed by atoms with E-state index in [2.05, 4.69) is 26.3 Å². The highest BCUT2D eigenvalue weighted by Crippen LogP contribution is 2.59. The van der Waals surface area contributed by atoms with Crippen molar-refractivity contribution in [1.82, 2.24) is 15.1 Å². The van der Waals surface area contributed by atoms with E-state index in [0.29, 0.717) is 5.41 Å². The topological polar surface area (TPSA) is 46.9 Å². The van der Waals surface area contributed by atoms with Crippen LogP contribution in [0.2, 0.25) is 0 Å². The maximum Gasteiger partial charge on any atom is 0.185 e. The van der Waals surface area contributed by atoms with Crippen molar-refractivity contribution in [3.8, 4) is 0 Å². The summed E-state index contributed by atoms with van der Waals surface area (Å²) in [5.74, 6) is 0.501. The van der Waals surface area contributed by atoms with Gasteiger partial charge in [0.2, 0.25) is 0 Å². The largest absolute Gasteiger partial charge is 0.317 e. The monoisotopic (exact) mass is 311 g/mol. The Bertz CT molecular complexity index is 477. The van der Waals surface area contributed by atoms with Gasteiger partial charge in [-0.1, -0.05) is 0 Å². The lowest BCUT2D eigenvalue weighted by Crippen LogP contribution is -2.31. The minimum absolute atomic E-state index is 0.220. The number of carbonyl (C=O) groups is 1. The summed E-state index contributed by atoms with van der Waals surface area (Å²) in [7, 11) is 0. The number of rotatable bonds is 3. The molecule has 1 aromatic heterocycles. The molecule has 0 bridgehead atoms. The maximum absolute atomic E-state index is 12.6. The molecule has 1 aliphatic carbocycles. The first-order valence-corrected chi connectivity index (χ1v) is 7.43. The number of Topliss-reactive ketones (excluding diaryl/α,β-unsaturated/α-hetero) is 1. The summed E-state index contributed by atoms with van der Waals surface area (Å²) in [6.07, 6.45) is 5.08. The fourth-order valence-electron chi connectivity index (χ4n) is 3.21. The van der Waals surface area contributed by atoms with Crippen LogP contribution in [0.4, 0.5) is 0 Å². The molecule has 3 rings (SSSR count). The third-order valence-corrected chi connectivity index (χ3v) is 5.01. The molecule has 1 spiro atoms. The first-order valence-electron chi connectivity index (χ1n) is 6.64. The maximum atomic E-state index is 12.6. The second-order valence-corrected chi connectivity index (χ2v) is 6.24. The number of ketones is 1. The quantitative estimate of drug-likeness (QED) is 0.871. The number of aryl methyl sites for hydroxylation is 1. The third-order valence-electron chi connectivity index (χ3n) is 4.43. The van der Waals surface area contributed by atoms with Crippen molar-refractivity contribution in [2.24, 2.45) is 11.3 Å². The number of halogens is 1. The van der Waals surface area contributed by atoms with Crippen molar-refractivity contribution in [3.63, 3.8) is 0 Å². The summed E-state index contributed by atoms with van der Waals surface area (Å²) in [6, 6.07) is 0. The standard InChI is InChI=1S/C13H18BrN3O/c1-2-17-11(10(14)8-16-17)12(18)9-7-13(9)3-5-15-6-4-13/h8-9,15H,2-7H2,1H3. The van der Waals surface area contributed by atoms with Gasteiger partial charge in [-0.15, -0.1) is 0 Å². The lowest BCUT2D eigenvalue weighted by Gasteiger charge is -2.23. The SMILES string of the molecule is CCn1ncc(Br)c1C(=O)C1CC12CCNCC2. The summed E-state index contributed by atoms with van der Waals surface area (Å²) < 4.78 is 2.64. The molecule has 1 aliphatic heterocycles. The number of nitrogens with zero attached hydrogens (tertiary/aromatic N) is 2. The summed E-state index contributed by atoms with van der Waals surface area (Å²) in [6.45, 7) is 4.87. The van der Waals surface area contributed by atoms with Crippen LogP contribution in [-0.2, 0) is 6.54 Å². The summed E-state index contributed by atoms with van der Waals surface area (Å²) in [5.41, 5.74) is 1.06. The zero-order valence-corrected chi connectivity index (χ0v) is 12.2. The van der Waals surface area contributed by atoms with Gasteiger partial charge >= 0.3 is 0 Å². The number of hydrogen-bond donors (Lipinski definition) is 1. The van der Waals surface area contributed by atoms with Gasteiger partial charge in [0.15, 0.2) is 5.78 Å². The van der Waals surface area contributed by atoms with Crippen LogP contribution in [0.1, 0.15) is 36.7 Å². The van der Waals surface area contributed by atoms with Gasteiger partial charge in [0, 0.05) is 12.5 Å². The zero-order valence-electron chi connectivity index (χ0n) is 10.6. The Morgan fingerprint density at radius 1 is 1.61 bits per heavy atom. The number of hydrogen-bond acceptors (Lipinski definition) is 3. The molecule has 5 heteroatoms. The smallest absolute Gasteiger partial charge is 0.185 e. The van der Waals surface area contributed by atoms with Crippen molar-refractivity contribution in [2.45, 2.75) is 32.7 Å². The molecule has 1 N–H and O–H groups in total. The molecular formula is C13H18BrN3O. The molecular weight excluding hydrogens is 294 g/mol. The summed E-state index contributed by atoms with van der Waals surface area (Å²) in [5, 5.41) is 7.61. The molecule has 0 amide bonds. The normalized spacial score (nSPS) is 25.3. The van der Waals surface area contributed by atoms with E-state index in [-0.39, 0.29) is 11.7 Å². The second-order valence-electron chi connectivity index (χ2n) is 5.39. The van der Waals surface area contributed by atoms with Gasteiger partial charge in [-0.3, -0.25) is 9.48 Å². The number of nitrogens with one attached hydrogen (secondary N) is 1. The molecule has 2 aliphatic rings. The van der Waals surface area contributed by atoms with Crippen molar-refractivity contribution in [2.75, 3.05) is 13.1 Å². The molecule has 0 aromatic carbocycles. The van der Waals surface area contributed by atoms with Gasteiger partial charge in [0.05, 0.1) is 10.7 Å². The average molecular weight is 312 g/mol. The minimum atomic E-state index is 0.220. The molecule has 0 radical (unpaired) electrons. The summed E-state index contributed by atoms with van der Waals surface area (Å²) in [4.78, 5) is 12.6. The van der Waals surface area contributed by atoms with E-state index >= 15 is 0 Å². The van der Waals surface area contributed by atoms with E-state index in [1.165, 1.54) is 0 Å². The van der Waals surface area contributed by atoms with Crippen molar-refractivity contribution in [1.29, 1.82) is 0 Å². The highest BCUT2D eigenvalue weighted by atomic mass is 79.9. The van der Waals surface area contributed by atoms with Crippen LogP contribution in [-0.4, -0.2) is 28.7 Å². The van der Waals surface area contributed by atoms with Gasteiger partial charge < -0.3 is 5.32 Å². The van der Waals surface area contributed by atoms with Crippen molar-refractivity contribution < 1.29 is 4.79 Å². The highest BCUT2D eigenvalue weighted by molar-refractivity contribution is 9.10. The van der Waals surface area contributed by atoms with E-state index in [1.807, 2.05) is 6.92 Å². The zero-order chi connectivity index (χ0) is 12.8. The molecule has 2 heterocycles. The van der Waals surface area contributed by atoms with Gasteiger partial charge in [-0.25, -0.2) is 0 Å². The molecule has 98 valence electrons. The van der Waals surface area contributed by atoms with E-state index in [9.17, 15) is 4.79 Å². The fraction of sp³-hybridized carbons (Fsp3) is 0.692. The number of piperidine rings is 1. The van der Waals surface area contributed by atoms with Crippen molar-refractivity contribution >= 4 is 21.7 Å². The van der Waals surface area contributed by atoms with E-state index in [1.54, 1.807) is 10.9 Å². The Labute approximate surface area is 115 Å².